The first-order chi connectivity index (χ1) is 9.72. The van der Waals surface area contributed by atoms with Crippen molar-refractivity contribution in [3.63, 3.8) is 0 Å². The first-order valence-corrected chi connectivity index (χ1v) is 6.45. The standard InChI is InChI=1S/C15H15FN2O2/c1-2-10-6-7-12(19-10)14(18-17)13-8-9-4-3-5-11(16)15(9)20-13/h3-8,14,18H,2,17H2,1H3. The van der Waals surface area contributed by atoms with Crippen LogP contribution in [0.4, 0.5) is 4.39 Å². The van der Waals surface area contributed by atoms with Crippen LogP contribution < -0.4 is 11.3 Å². The van der Waals surface area contributed by atoms with Crippen molar-refractivity contribution in [3.05, 3.63) is 59.5 Å². The molecule has 20 heavy (non-hydrogen) atoms. The highest BCUT2D eigenvalue weighted by Gasteiger charge is 2.21. The molecule has 0 aliphatic rings. The van der Waals surface area contributed by atoms with Crippen LogP contribution in [0, 0.1) is 5.82 Å². The summed E-state index contributed by atoms with van der Waals surface area (Å²) >= 11 is 0. The number of furan rings is 2. The zero-order chi connectivity index (χ0) is 14.1. The summed E-state index contributed by atoms with van der Waals surface area (Å²) < 4.78 is 24.9. The quantitative estimate of drug-likeness (QED) is 0.566. The summed E-state index contributed by atoms with van der Waals surface area (Å²) in [5.41, 5.74) is 2.87. The molecule has 1 atom stereocenters. The van der Waals surface area contributed by atoms with E-state index in [4.69, 9.17) is 14.7 Å². The number of aryl methyl sites for hydroxylation is 1. The molecule has 0 saturated heterocycles. The van der Waals surface area contributed by atoms with Crippen LogP contribution in [0.2, 0.25) is 0 Å². The zero-order valence-corrected chi connectivity index (χ0v) is 11.0. The molecule has 0 fully saturated rings. The van der Waals surface area contributed by atoms with Crippen LogP contribution in [0.5, 0.6) is 0 Å². The molecule has 0 saturated carbocycles. The number of rotatable bonds is 4. The number of nitrogens with one attached hydrogen (secondary N) is 1. The molecule has 1 aromatic carbocycles. The molecule has 104 valence electrons. The van der Waals surface area contributed by atoms with Gasteiger partial charge < -0.3 is 8.83 Å². The minimum absolute atomic E-state index is 0.227. The SMILES string of the molecule is CCc1ccc(C(NN)c2cc3cccc(F)c3o2)o1. The predicted octanol–water partition coefficient (Wildman–Crippen LogP) is 3.28. The van der Waals surface area contributed by atoms with Crippen molar-refractivity contribution in [1.29, 1.82) is 0 Å². The molecule has 0 bridgehead atoms. The summed E-state index contributed by atoms with van der Waals surface area (Å²) in [5, 5.41) is 0.697. The highest BCUT2D eigenvalue weighted by Crippen LogP contribution is 2.30. The maximum atomic E-state index is 13.7. The number of fused-ring (bicyclic) bond motifs is 1. The second kappa shape index (κ2) is 5.11. The fraction of sp³-hybridized carbons (Fsp3) is 0.200. The third-order valence-corrected chi connectivity index (χ3v) is 3.28. The summed E-state index contributed by atoms with van der Waals surface area (Å²) in [5.74, 6) is 7.22. The molecule has 4 nitrogen and oxygen atoms in total. The van der Waals surface area contributed by atoms with Crippen LogP contribution in [0.15, 0.2) is 45.2 Å². The van der Waals surface area contributed by atoms with Crippen LogP contribution >= 0.6 is 0 Å². The van der Waals surface area contributed by atoms with E-state index in [1.54, 1.807) is 18.2 Å². The molecular formula is C15H15FN2O2. The van der Waals surface area contributed by atoms with Gasteiger partial charge in [0.15, 0.2) is 11.4 Å². The number of hydrogen-bond acceptors (Lipinski definition) is 4. The van der Waals surface area contributed by atoms with E-state index >= 15 is 0 Å². The minimum Gasteiger partial charge on any atom is -0.464 e. The Morgan fingerprint density at radius 1 is 1.20 bits per heavy atom. The topological polar surface area (TPSA) is 64.3 Å². The number of benzene rings is 1. The lowest BCUT2D eigenvalue weighted by atomic mass is 10.1. The highest BCUT2D eigenvalue weighted by atomic mass is 19.1. The Morgan fingerprint density at radius 2 is 2.05 bits per heavy atom. The molecule has 0 radical (unpaired) electrons. The second-order valence-corrected chi connectivity index (χ2v) is 4.56. The van der Waals surface area contributed by atoms with Gasteiger partial charge in [-0.25, -0.2) is 9.82 Å². The van der Waals surface area contributed by atoms with Crippen molar-refractivity contribution in [2.75, 3.05) is 0 Å². The van der Waals surface area contributed by atoms with Gasteiger partial charge in [-0.15, -0.1) is 0 Å². The number of halogens is 1. The zero-order valence-electron chi connectivity index (χ0n) is 11.0. The van der Waals surface area contributed by atoms with Gasteiger partial charge in [-0.3, -0.25) is 5.84 Å². The summed E-state index contributed by atoms with van der Waals surface area (Å²) in [6, 6.07) is 9.85. The number of hydrazine groups is 1. The van der Waals surface area contributed by atoms with Crippen LogP contribution in [0.1, 0.15) is 30.2 Å². The fourth-order valence-corrected chi connectivity index (χ4v) is 2.23. The van der Waals surface area contributed by atoms with Gasteiger partial charge in [0.05, 0.1) is 0 Å². The molecule has 3 aromatic rings. The summed E-state index contributed by atoms with van der Waals surface area (Å²) in [7, 11) is 0. The van der Waals surface area contributed by atoms with Gasteiger partial charge in [0.2, 0.25) is 0 Å². The second-order valence-electron chi connectivity index (χ2n) is 4.56. The molecule has 0 amide bonds. The maximum absolute atomic E-state index is 13.7. The maximum Gasteiger partial charge on any atom is 0.169 e. The Bertz CT molecular complexity index is 732. The Hall–Kier alpha value is -2.11. The predicted molar refractivity (Wildman–Crippen MR) is 73.4 cm³/mol. The smallest absolute Gasteiger partial charge is 0.169 e. The summed E-state index contributed by atoms with van der Waals surface area (Å²) in [6.07, 6.45) is 0.798. The van der Waals surface area contributed by atoms with E-state index in [1.807, 2.05) is 19.1 Å². The number of nitrogens with two attached hydrogens (primary N) is 1. The van der Waals surface area contributed by atoms with Crippen molar-refractivity contribution < 1.29 is 13.2 Å². The average molecular weight is 274 g/mol. The third kappa shape index (κ3) is 2.11. The Balaban J connectivity index is 2.04. The minimum atomic E-state index is -0.443. The first-order valence-electron chi connectivity index (χ1n) is 6.45. The fourth-order valence-electron chi connectivity index (χ4n) is 2.23. The lowest BCUT2D eigenvalue weighted by molar-refractivity contribution is 0.386. The number of hydrogen-bond donors (Lipinski definition) is 2. The molecule has 2 heterocycles. The van der Waals surface area contributed by atoms with Gasteiger partial charge in [-0.05, 0) is 24.3 Å². The van der Waals surface area contributed by atoms with E-state index in [-0.39, 0.29) is 5.58 Å². The normalized spacial score (nSPS) is 12.9. The molecule has 0 spiro atoms. The van der Waals surface area contributed by atoms with E-state index in [9.17, 15) is 4.39 Å². The molecule has 5 heteroatoms. The van der Waals surface area contributed by atoms with Crippen LogP contribution in [0.3, 0.4) is 0 Å². The van der Waals surface area contributed by atoms with Crippen molar-refractivity contribution >= 4 is 11.0 Å². The van der Waals surface area contributed by atoms with E-state index in [1.165, 1.54) is 6.07 Å². The van der Waals surface area contributed by atoms with Crippen molar-refractivity contribution in [3.8, 4) is 0 Å². The average Bonchev–Trinajstić information content (AvgIpc) is 3.07. The Kier molecular flexibility index (Phi) is 3.30. The van der Waals surface area contributed by atoms with Crippen molar-refractivity contribution in [2.24, 2.45) is 5.84 Å². The molecule has 3 rings (SSSR count). The van der Waals surface area contributed by atoms with Crippen molar-refractivity contribution in [2.45, 2.75) is 19.4 Å². The summed E-state index contributed by atoms with van der Waals surface area (Å²) in [4.78, 5) is 0. The van der Waals surface area contributed by atoms with Gasteiger partial charge in [0.1, 0.15) is 23.3 Å². The van der Waals surface area contributed by atoms with Gasteiger partial charge in [-0.2, -0.15) is 0 Å². The van der Waals surface area contributed by atoms with Gasteiger partial charge in [0.25, 0.3) is 0 Å². The van der Waals surface area contributed by atoms with Crippen LogP contribution in [0.25, 0.3) is 11.0 Å². The largest absolute Gasteiger partial charge is 0.464 e. The molecule has 3 N–H and O–H groups in total. The van der Waals surface area contributed by atoms with Gasteiger partial charge in [-0.1, -0.05) is 19.1 Å². The van der Waals surface area contributed by atoms with Gasteiger partial charge >= 0.3 is 0 Å². The van der Waals surface area contributed by atoms with Crippen LogP contribution in [-0.2, 0) is 6.42 Å². The molecule has 0 aliphatic carbocycles. The summed E-state index contributed by atoms with van der Waals surface area (Å²) in [6.45, 7) is 2.00. The van der Waals surface area contributed by atoms with Crippen LogP contribution in [-0.4, -0.2) is 0 Å². The molecule has 1 unspecified atom stereocenters. The first kappa shape index (κ1) is 12.9. The molecule has 0 aliphatic heterocycles. The molecular weight excluding hydrogens is 259 g/mol. The Morgan fingerprint density at radius 3 is 2.70 bits per heavy atom. The Labute approximate surface area is 115 Å². The third-order valence-electron chi connectivity index (χ3n) is 3.28. The molecule has 2 aromatic heterocycles. The van der Waals surface area contributed by atoms with Gasteiger partial charge in [0, 0.05) is 11.8 Å². The van der Waals surface area contributed by atoms with E-state index < -0.39 is 11.9 Å². The van der Waals surface area contributed by atoms with E-state index in [2.05, 4.69) is 5.43 Å². The monoisotopic (exact) mass is 274 g/mol. The van der Waals surface area contributed by atoms with E-state index in [0.29, 0.717) is 16.9 Å². The number of para-hydroxylation sites is 1. The lowest BCUT2D eigenvalue weighted by Gasteiger charge is -2.09. The highest BCUT2D eigenvalue weighted by molar-refractivity contribution is 5.78. The lowest BCUT2D eigenvalue weighted by Crippen LogP contribution is -2.28. The van der Waals surface area contributed by atoms with Crippen molar-refractivity contribution in [1.82, 2.24) is 5.43 Å². The van der Waals surface area contributed by atoms with E-state index in [0.717, 1.165) is 12.2 Å².